The van der Waals surface area contributed by atoms with Gasteiger partial charge in [-0.3, -0.25) is 0 Å². The summed E-state index contributed by atoms with van der Waals surface area (Å²) in [5.74, 6) is 0.914. The molecule has 1 N–H and O–H groups in total. The lowest BCUT2D eigenvalue weighted by atomic mass is 10.2. The molecule has 0 radical (unpaired) electrons. The summed E-state index contributed by atoms with van der Waals surface area (Å²) in [6.45, 7) is 0.898. The maximum absolute atomic E-state index is 6.02. The summed E-state index contributed by atoms with van der Waals surface area (Å²) in [5, 5.41) is 2.86. The molecule has 0 amide bonds. The topological polar surface area (TPSA) is 59.4 Å². The fourth-order valence-corrected chi connectivity index (χ4v) is 3.54. The van der Waals surface area contributed by atoms with Crippen LogP contribution in [0.3, 0.4) is 0 Å². The Morgan fingerprint density at radius 2 is 2.14 bits per heavy atom. The highest BCUT2D eigenvalue weighted by atomic mass is 35.5. The first-order valence-electron chi connectivity index (χ1n) is 6.82. The van der Waals surface area contributed by atoms with Crippen LogP contribution in [0.5, 0.6) is 0 Å². The molecule has 0 atom stereocenters. The van der Waals surface area contributed by atoms with Crippen molar-refractivity contribution in [1.82, 2.24) is 24.5 Å². The highest BCUT2D eigenvalue weighted by molar-refractivity contribution is 7.99. The number of aromatic nitrogens is 5. The smallest absolute Gasteiger partial charge is 0.181 e. The van der Waals surface area contributed by atoms with E-state index in [4.69, 9.17) is 11.6 Å². The summed E-state index contributed by atoms with van der Waals surface area (Å²) < 4.78 is 2.23. The number of benzene rings is 1. The van der Waals surface area contributed by atoms with Crippen molar-refractivity contribution in [2.75, 3.05) is 5.75 Å². The monoisotopic (exact) mass is 329 g/mol. The number of aryl methyl sites for hydroxylation is 1. The first kappa shape index (κ1) is 13.6. The van der Waals surface area contributed by atoms with Crippen LogP contribution in [0.1, 0.15) is 0 Å². The molecule has 3 aromatic heterocycles. The predicted molar refractivity (Wildman–Crippen MR) is 89.4 cm³/mol. The van der Waals surface area contributed by atoms with Gasteiger partial charge in [-0.25, -0.2) is 15.0 Å². The highest BCUT2D eigenvalue weighted by Gasteiger charge is 2.07. The second-order valence-corrected chi connectivity index (χ2v) is 6.36. The second-order valence-electron chi connectivity index (χ2n) is 4.84. The average Bonchev–Trinajstić information content (AvgIpc) is 3.14. The van der Waals surface area contributed by atoms with Gasteiger partial charge in [0.1, 0.15) is 16.9 Å². The van der Waals surface area contributed by atoms with Gasteiger partial charge in [0.2, 0.25) is 0 Å². The zero-order valence-corrected chi connectivity index (χ0v) is 13.1. The summed E-state index contributed by atoms with van der Waals surface area (Å²) in [4.78, 5) is 15.7. The minimum Gasteiger partial charge on any atom is -0.347 e. The van der Waals surface area contributed by atoms with Gasteiger partial charge in [0.15, 0.2) is 5.65 Å². The van der Waals surface area contributed by atoms with Crippen LogP contribution in [-0.4, -0.2) is 30.3 Å². The van der Waals surface area contributed by atoms with E-state index in [1.165, 1.54) is 5.52 Å². The molecule has 7 heteroatoms. The number of H-pyrrole nitrogens is 1. The molecule has 0 saturated heterocycles. The average molecular weight is 330 g/mol. The van der Waals surface area contributed by atoms with Gasteiger partial charge in [-0.1, -0.05) is 11.6 Å². The van der Waals surface area contributed by atoms with Crippen LogP contribution in [0.15, 0.2) is 48.1 Å². The van der Waals surface area contributed by atoms with Gasteiger partial charge in [-0.15, -0.1) is 11.8 Å². The number of aromatic amines is 1. The number of halogens is 1. The van der Waals surface area contributed by atoms with E-state index >= 15 is 0 Å². The van der Waals surface area contributed by atoms with Gasteiger partial charge < -0.3 is 9.55 Å². The second kappa shape index (κ2) is 5.62. The third-order valence-corrected chi connectivity index (χ3v) is 4.70. The van der Waals surface area contributed by atoms with Gasteiger partial charge in [0, 0.05) is 34.4 Å². The lowest BCUT2D eigenvalue weighted by Gasteiger charge is -2.05. The predicted octanol–water partition coefficient (Wildman–Crippen LogP) is 3.75. The molecule has 0 fully saturated rings. The van der Waals surface area contributed by atoms with Crippen LogP contribution in [-0.2, 0) is 6.54 Å². The van der Waals surface area contributed by atoms with Crippen molar-refractivity contribution in [2.24, 2.45) is 0 Å². The van der Waals surface area contributed by atoms with Gasteiger partial charge in [-0.2, -0.15) is 0 Å². The Hall–Kier alpha value is -2.05. The minimum absolute atomic E-state index is 0.707. The Morgan fingerprint density at radius 1 is 1.18 bits per heavy atom. The molecule has 0 bridgehead atoms. The van der Waals surface area contributed by atoms with Gasteiger partial charge in [-0.05, 0) is 24.3 Å². The van der Waals surface area contributed by atoms with E-state index in [0.717, 1.165) is 33.2 Å². The van der Waals surface area contributed by atoms with Crippen LogP contribution in [0.25, 0.3) is 22.1 Å². The minimum atomic E-state index is 0.707. The van der Waals surface area contributed by atoms with Gasteiger partial charge in [0.25, 0.3) is 0 Å². The Bertz CT molecular complexity index is 945. The van der Waals surface area contributed by atoms with E-state index in [9.17, 15) is 0 Å². The largest absolute Gasteiger partial charge is 0.347 e. The van der Waals surface area contributed by atoms with Crippen LogP contribution in [0.4, 0.5) is 0 Å². The van der Waals surface area contributed by atoms with Crippen molar-refractivity contribution in [3.8, 4) is 0 Å². The van der Waals surface area contributed by atoms with E-state index in [2.05, 4.69) is 42.8 Å². The van der Waals surface area contributed by atoms with Crippen LogP contribution in [0, 0.1) is 0 Å². The zero-order chi connectivity index (χ0) is 14.9. The van der Waals surface area contributed by atoms with Crippen molar-refractivity contribution in [2.45, 2.75) is 11.6 Å². The lowest BCUT2D eigenvalue weighted by molar-refractivity contribution is 0.806. The molecule has 110 valence electrons. The molecule has 4 rings (SSSR count). The Labute approximate surface area is 135 Å². The van der Waals surface area contributed by atoms with Crippen molar-refractivity contribution < 1.29 is 0 Å². The highest BCUT2D eigenvalue weighted by Crippen LogP contribution is 2.24. The normalized spacial score (nSPS) is 11.5. The third kappa shape index (κ3) is 2.44. The third-order valence-electron chi connectivity index (χ3n) is 3.49. The van der Waals surface area contributed by atoms with Crippen molar-refractivity contribution in [3.05, 3.63) is 48.1 Å². The van der Waals surface area contributed by atoms with E-state index in [0.29, 0.717) is 5.65 Å². The standard InChI is InChI=1S/C15H12ClN5S/c16-11-1-2-12-10(7-11)3-4-21(12)5-6-22-15-13-14(18-8-17-13)19-9-20-15/h1-4,7-9H,5-6H2,(H,17,18,19,20). The lowest BCUT2D eigenvalue weighted by Crippen LogP contribution is -1.99. The Balaban J connectivity index is 1.51. The summed E-state index contributed by atoms with van der Waals surface area (Å²) in [5.41, 5.74) is 2.80. The first-order chi connectivity index (χ1) is 10.8. The molecule has 4 aromatic rings. The molecule has 0 saturated carbocycles. The van der Waals surface area contributed by atoms with Gasteiger partial charge >= 0.3 is 0 Å². The van der Waals surface area contributed by atoms with E-state index in [1.54, 1.807) is 24.4 Å². The van der Waals surface area contributed by atoms with Crippen molar-refractivity contribution >= 4 is 45.4 Å². The number of nitrogens with zero attached hydrogens (tertiary/aromatic N) is 4. The SMILES string of the molecule is Clc1ccc2c(ccn2CCSc2ncnc3nc[nH]c23)c1. The molecule has 3 heterocycles. The fraction of sp³-hybridized carbons (Fsp3) is 0.133. The zero-order valence-electron chi connectivity index (χ0n) is 11.5. The molecule has 0 aliphatic heterocycles. The number of thioether (sulfide) groups is 1. The number of hydrogen-bond acceptors (Lipinski definition) is 4. The summed E-state index contributed by atoms with van der Waals surface area (Å²) in [7, 11) is 0. The van der Waals surface area contributed by atoms with E-state index in [1.807, 2.05) is 12.1 Å². The number of hydrogen-bond donors (Lipinski definition) is 1. The molecule has 1 aromatic carbocycles. The number of nitrogens with one attached hydrogen (secondary N) is 1. The molecule has 0 aliphatic rings. The number of rotatable bonds is 4. The van der Waals surface area contributed by atoms with Crippen LogP contribution in [0.2, 0.25) is 5.02 Å². The quantitative estimate of drug-likeness (QED) is 0.457. The van der Waals surface area contributed by atoms with E-state index in [-0.39, 0.29) is 0 Å². The maximum atomic E-state index is 6.02. The van der Waals surface area contributed by atoms with Gasteiger partial charge in [0.05, 0.1) is 6.33 Å². The van der Waals surface area contributed by atoms with Crippen LogP contribution < -0.4 is 0 Å². The molecular formula is C15H12ClN5S. The molecule has 0 unspecified atom stereocenters. The molecule has 0 aliphatic carbocycles. The summed E-state index contributed by atoms with van der Waals surface area (Å²) in [6.07, 6.45) is 5.29. The summed E-state index contributed by atoms with van der Waals surface area (Å²) in [6, 6.07) is 8.05. The molecule has 5 nitrogen and oxygen atoms in total. The molecular weight excluding hydrogens is 318 g/mol. The summed E-state index contributed by atoms with van der Waals surface area (Å²) >= 11 is 7.72. The molecule has 22 heavy (non-hydrogen) atoms. The van der Waals surface area contributed by atoms with Crippen molar-refractivity contribution in [3.63, 3.8) is 0 Å². The Morgan fingerprint density at radius 3 is 3.09 bits per heavy atom. The van der Waals surface area contributed by atoms with E-state index < -0.39 is 0 Å². The maximum Gasteiger partial charge on any atom is 0.181 e. The number of fused-ring (bicyclic) bond motifs is 2. The van der Waals surface area contributed by atoms with Crippen LogP contribution >= 0.6 is 23.4 Å². The fourth-order valence-electron chi connectivity index (χ4n) is 2.46. The first-order valence-corrected chi connectivity index (χ1v) is 8.19. The Kier molecular flexibility index (Phi) is 3.48. The molecule has 0 spiro atoms. The number of imidazole rings is 1. The van der Waals surface area contributed by atoms with Crippen molar-refractivity contribution in [1.29, 1.82) is 0 Å².